The molecule has 11 heteroatoms. The summed E-state index contributed by atoms with van der Waals surface area (Å²) < 4.78 is 58.2. The highest BCUT2D eigenvalue weighted by atomic mass is 32.2. The van der Waals surface area contributed by atoms with E-state index in [9.17, 15) is 21.6 Å². The van der Waals surface area contributed by atoms with E-state index in [0.717, 1.165) is 29.8 Å². The number of benzene rings is 2. The van der Waals surface area contributed by atoms with E-state index < -0.39 is 32.0 Å². The van der Waals surface area contributed by atoms with Gasteiger partial charge in [-0.1, -0.05) is 24.6 Å². The first-order chi connectivity index (χ1) is 16.1. The van der Waals surface area contributed by atoms with Crippen molar-refractivity contribution in [3.05, 3.63) is 54.6 Å². The number of carbonyl (C=O) groups excluding carboxylic acids is 1. The highest BCUT2D eigenvalue weighted by molar-refractivity contribution is 7.92. The Morgan fingerprint density at radius 1 is 1.00 bits per heavy atom. The predicted molar refractivity (Wildman–Crippen MR) is 131 cm³/mol. The summed E-state index contributed by atoms with van der Waals surface area (Å²) >= 11 is 0. The fourth-order valence-electron chi connectivity index (χ4n) is 3.84. The summed E-state index contributed by atoms with van der Waals surface area (Å²) in [7, 11) is -7.17. The van der Waals surface area contributed by atoms with Crippen molar-refractivity contribution >= 4 is 31.6 Å². The number of nitrogens with one attached hydrogen (secondary N) is 1. The fraction of sp³-hybridized carbons (Fsp3) is 0.435. The molecule has 0 aliphatic carbocycles. The van der Waals surface area contributed by atoms with E-state index in [1.807, 2.05) is 0 Å². The summed E-state index contributed by atoms with van der Waals surface area (Å²) in [5.74, 6) is 0.0165. The maximum atomic E-state index is 12.7. The summed E-state index contributed by atoms with van der Waals surface area (Å²) in [4.78, 5) is 12.8. The molecule has 1 fully saturated rings. The summed E-state index contributed by atoms with van der Waals surface area (Å²) in [5.41, 5.74) is 0.406. The molecule has 1 amide bonds. The number of para-hydroxylation sites is 1. The first-order valence-electron chi connectivity index (χ1n) is 11.2. The molecule has 3 rings (SSSR count). The third-order valence-corrected chi connectivity index (χ3v) is 8.70. The maximum Gasteiger partial charge on any atom is 0.243 e. The second kappa shape index (κ2) is 11.2. The van der Waals surface area contributed by atoms with E-state index in [1.165, 1.54) is 23.4 Å². The molecule has 0 unspecified atom stereocenters. The SMILES string of the molecule is C[C@H](C(=O)NCCOc1ccc(S(=O)(=O)N2CCCCC2)cc1)N(c1ccccc1)S(C)(=O)=O. The zero-order chi connectivity index (χ0) is 24.8. The minimum Gasteiger partial charge on any atom is -0.492 e. The molecule has 0 bridgehead atoms. The molecular formula is C23H31N3O6S2. The van der Waals surface area contributed by atoms with E-state index >= 15 is 0 Å². The van der Waals surface area contributed by atoms with Gasteiger partial charge in [0, 0.05) is 13.1 Å². The van der Waals surface area contributed by atoms with Crippen molar-refractivity contribution in [2.75, 3.05) is 36.8 Å². The van der Waals surface area contributed by atoms with Crippen LogP contribution in [0.3, 0.4) is 0 Å². The van der Waals surface area contributed by atoms with Crippen molar-refractivity contribution < 1.29 is 26.4 Å². The minimum atomic E-state index is -3.67. The topological polar surface area (TPSA) is 113 Å². The first-order valence-corrected chi connectivity index (χ1v) is 14.4. The van der Waals surface area contributed by atoms with E-state index in [1.54, 1.807) is 42.5 Å². The molecule has 2 aromatic carbocycles. The maximum absolute atomic E-state index is 12.7. The van der Waals surface area contributed by atoms with Gasteiger partial charge >= 0.3 is 0 Å². The lowest BCUT2D eigenvalue weighted by molar-refractivity contribution is -0.121. The standard InChI is InChI=1S/C23H31N3O6S2/c1-19(26(33(2,28)29)20-9-5-3-6-10-20)23(27)24-15-18-32-21-11-13-22(14-12-21)34(30,31)25-16-7-4-8-17-25/h3,5-6,9-14,19H,4,7-8,15-18H2,1-2H3,(H,24,27)/t19-/m1/s1. The number of hydrogen-bond donors (Lipinski definition) is 1. The van der Waals surface area contributed by atoms with Crippen molar-refractivity contribution in [3.63, 3.8) is 0 Å². The van der Waals surface area contributed by atoms with Gasteiger partial charge in [-0.25, -0.2) is 16.8 Å². The number of rotatable bonds is 10. The zero-order valence-electron chi connectivity index (χ0n) is 19.4. The Kier molecular flexibility index (Phi) is 8.56. The third kappa shape index (κ3) is 6.49. The number of anilines is 1. The smallest absolute Gasteiger partial charge is 0.243 e. The van der Waals surface area contributed by atoms with Gasteiger partial charge in [-0.15, -0.1) is 0 Å². The van der Waals surface area contributed by atoms with Crippen LogP contribution in [0.15, 0.2) is 59.5 Å². The van der Waals surface area contributed by atoms with Crippen molar-refractivity contribution in [1.82, 2.24) is 9.62 Å². The van der Waals surface area contributed by atoms with Gasteiger partial charge in [0.2, 0.25) is 26.0 Å². The van der Waals surface area contributed by atoms with Crippen LogP contribution in [0.5, 0.6) is 5.75 Å². The molecule has 34 heavy (non-hydrogen) atoms. The number of amides is 1. The van der Waals surface area contributed by atoms with Crippen LogP contribution in [0.1, 0.15) is 26.2 Å². The van der Waals surface area contributed by atoms with Crippen LogP contribution in [0.25, 0.3) is 0 Å². The Balaban J connectivity index is 1.52. The lowest BCUT2D eigenvalue weighted by Gasteiger charge is -2.28. The third-order valence-electron chi connectivity index (χ3n) is 5.55. The quantitative estimate of drug-likeness (QED) is 0.492. The van der Waals surface area contributed by atoms with Gasteiger partial charge in [0.15, 0.2) is 0 Å². The number of sulfonamides is 2. The van der Waals surface area contributed by atoms with E-state index in [0.29, 0.717) is 24.5 Å². The average Bonchev–Trinajstić information content (AvgIpc) is 2.82. The first kappa shape index (κ1) is 26.0. The largest absolute Gasteiger partial charge is 0.492 e. The molecule has 9 nitrogen and oxygen atoms in total. The number of hydrogen-bond acceptors (Lipinski definition) is 6. The molecule has 0 radical (unpaired) electrons. The van der Waals surface area contributed by atoms with E-state index in [-0.39, 0.29) is 18.0 Å². The molecule has 1 saturated heterocycles. The van der Waals surface area contributed by atoms with Crippen LogP contribution in [0.2, 0.25) is 0 Å². The number of ether oxygens (including phenoxy) is 1. The average molecular weight is 510 g/mol. The Morgan fingerprint density at radius 3 is 2.21 bits per heavy atom. The Labute approximate surface area is 201 Å². The second-order valence-electron chi connectivity index (χ2n) is 8.15. The summed E-state index contributed by atoms with van der Waals surface area (Å²) in [6, 6.07) is 13.7. The minimum absolute atomic E-state index is 0.140. The summed E-state index contributed by atoms with van der Waals surface area (Å²) in [5, 5.41) is 2.68. The monoisotopic (exact) mass is 509 g/mol. The van der Waals surface area contributed by atoms with Crippen molar-refractivity contribution in [2.45, 2.75) is 37.1 Å². The van der Waals surface area contributed by atoms with Gasteiger partial charge in [0.25, 0.3) is 0 Å². The Bertz CT molecular complexity index is 1160. The molecular weight excluding hydrogens is 478 g/mol. The highest BCUT2D eigenvalue weighted by Crippen LogP contribution is 2.23. The molecule has 1 aliphatic heterocycles. The van der Waals surface area contributed by atoms with Gasteiger partial charge in [0.05, 0.1) is 23.4 Å². The summed E-state index contributed by atoms with van der Waals surface area (Å²) in [6.45, 7) is 2.90. The van der Waals surface area contributed by atoms with Gasteiger partial charge in [-0.05, 0) is 56.2 Å². The number of nitrogens with zero attached hydrogens (tertiary/aromatic N) is 2. The van der Waals surface area contributed by atoms with Gasteiger partial charge in [-0.3, -0.25) is 9.10 Å². The van der Waals surface area contributed by atoms with Crippen molar-refractivity contribution in [1.29, 1.82) is 0 Å². The highest BCUT2D eigenvalue weighted by Gasteiger charge is 2.29. The van der Waals surface area contributed by atoms with Crippen LogP contribution in [-0.4, -0.2) is 65.6 Å². The van der Waals surface area contributed by atoms with E-state index in [2.05, 4.69) is 5.32 Å². The molecule has 2 aromatic rings. The van der Waals surface area contributed by atoms with Gasteiger partial charge in [0.1, 0.15) is 18.4 Å². The Hall–Kier alpha value is -2.63. The number of piperidine rings is 1. The normalized spacial score (nSPS) is 15.9. The lowest BCUT2D eigenvalue weighted by atomic mass is 10.2. The molecule has 0 aromatic heterocycles. The molecule has 1 N–H and O–H groups in total. The molecule has 1 heterocycles. The molecule has 1 aliphatic rings. The van der Waals surface area contributed by atoms with Crippen LogP contribution in [0.4, 0.5) is 5.69 Å². The van der Waals surface area contributed by atoms with E-state index in [4.69, 9.17) is 4.74 Å². The Morgan fingerprint density at radius 2 is 1.62 bits per heavy atom. The fourth-order valence-corrected chi connectivity index (χ4v) is 6.53. The molecule has 186 valence electrons. The molecule has 0 saturated carbocycles. The van der Waals surface area contributed by atoms with Crippen LogP contribution >= 0.6 is 0 Å². The second-order valence-corrected chi connectivity index (χ2v) is 11.9. The predicted octanol–water partition coefficient (Wildman–Crippen LogP) is 2.21. The molecule has 1 atom stereocenters. The lowest BCUT2D eigenvalue weighted by Crippen LogP contribution is -2.48. The zero-order valence-corrected chi connectivity index (χ0v) is 21.0. The van der Waals surface area contributed by atoms with Crippen molar-refractivity contribution in [2.24, 2.45) is 0 Å². The summed E-state index contributed by atoms with van der Waals surface area (Å²) in [6.07, 6.45) is 3.85. The van der Waals surface area contributed by atoms with Crippen molar-refractivity contribution in [3.8, 4) is 5.75 Å². The van der Waals surface area contributed by atoms with Crippen LogP contribution < -0.4 is 14.4 Å². The molecule has 0 spiro atoms. The number of carbonyl (C=O) groups is 1. The van der Waals surface area contributed by atoms with Crippen LogP contribution in [-0.2, 0) is 24.8 Å². The van der Waals surface area contributed by atoms with Crippen LogP contribution in [0, 0.1) is 0 Å². The van der Waals surface area contributed by atoms with Gasteiger partial charge in [-0.2, -0.15) is 4.31 Å². The van der Waals surface area contributed by atoms with Gasteiger partial charge < -0.3 is 10.1 Å².